The van der Waals surface area contributed by atoms with E-state index < -0.39 is 11.9 Å². The number of carbonyl (C=O) groups excluding carboxylic acids is 2. The van der Waals surface area contributed by atoms with E-state index in [-0.39, 0.29) is 23.5 Å². The monoisotopic (exact) mass is 470 g/mol. The summed E-state index contributed by atoms with van der Waals surface area (Å²) in [5.74, 6) is 0.464. The summed E-state index contributed by atoms with van der Waals surface area (Å²) >= 11 is 0. The number of aromatic nitrogens is 2. The topological polar surface area (TPSA) is 84.4 Å². The van der Waals surface area contributed by atoms with Crippen molar-refractivity contribution in [3.05, 3.63) is 71.5 Å². The Bertz CT molecular complexity index is 1230. The molecule has 4 rings (SSSR count). The second-order valence-corrected chi connectivity index (χ2v) is 8.03. The maximum absolute atomic E-state index is 13.2. The van der Waals surface area contributed by atoms with Crippen molar-refractivity contribution in [3.8, 4) is 11.5 Å². The van der Waals surface area contributed by atoms with Gasteiger partial charge in [-0.3, -0.25) is 14.5 Å². The average Bonchev–Trinajstić information content (AvgIpc) is 2.79. The van der Waals surface area contributed by atoms with Gasteiger partial charge >= 0.3 is 6.18 Å². The maximum atomic E-state index is 13.2. The Hall–Kier alpha value is -3.95. The van der Waals surface area contributed by atoms with E-state index in [2.05, 4.69) is 15.3 Å². The first-order chi connectivity index (χ1) is 16.1. The first-order valence-electron chi connectivity index (χ1n) is 10.6. The molecule has 0 spiro atoms. The van der Waals surface area contributed by atoms with Crippen molar-refractivity contribution in [1.82, 2.24) is 9.97 Å². The fourth-order valence-corrected chi connectivity index (χ4v) is 3.39. The number of fused-ring (bicyclic) bond motifs is 1. The number of benzene rings is 1. The van der Waals surface area contributed by atoms with Crippen LogP contribution in [0.1, 0.15) is 35.5 Å². The van der Waals surface area contributed by atoms with Gasteiger partial charge in [-0.1, -0.05) is 26.0 Å². The average molecular weight is 470 g/mol. The molecular weight excluding hydrogens is 449 g/mol. The summed E-state index contributed by atoms with van der Waals surface area (Å²) in [5, 5.41) is 2.72. The van der Waals surface area contributed by atoms with Gasteiger partial charge in [0.2, 0.25) is 5.91 Å². The predicted molar refractivity (Wildman–Crippen MR) is 119 cm³/mol. The minimum atomic E-state index is -4.54. The molecule has 0 unspecified atom stereocenters. The zero-order chi connectivity index (χ0) is 24.5. The fourth-order valence-electron chi connectivity index (χ4n) is 3.39. The number of hydrogen-bond acceptors (Lipinski definition) is 5. The van der Waals surface area contributed by atoms with Crippen LogP contribution in [0.5, 0.6) is 11.5 Å². The highest BCUT2D eigenvalue weighted by atomic mass is 19.4. The first kappa shape index (κ1) is 23.2. The lowest BCUT2D eigenvalue weighted by atomic mass is 9.98. The molecule has 2 aromatic heterocycles. The van der Waals surface area contributed by atoms with E-state index in [0.29, 0.717) is 35.9 Å². The molecule has 0 radical (unpaired) electrons. The molecule has 0 bridgehead atoms. The van der Waals surface area contributed by atoms with Crippen molar-refractivity contribution in [1.29, 1.82) is 0 Å². The van der Waals surface area contributed by atoms with Gasteiger partial charge in [-0.15, -0.1) is 0 Å². The second-order valence-electron chi connectivity index (χ2n) is 8.03. The minimum absolute atomic E-state index is 0.114. The molecule has 1 N–H and O–H groups in total. The molecule has 3 aromatic rings. The quantitative estimate of drug-likeness (QED) is 0.562. The molecule has 0 saturated carbocycles. The lowest BCUT2D eigenvalue weighted by molar-refractivity contribution is -0.141. The van der Waals surface area contributed by atoms with E-state index in [1.807, 2.05) is 0 Å². The van der Waals surface area contributed by atoms with Crippen molar-refractivity contribution in [3.63, 3.8) is 0 Å². The summed E-state index contributed by atoms with van der Waals surface area (Å²) < 4.78 is 43.7. The third-order valence-corrected chi connectivity index (χ3v) is 5.21. The Morgan fingerprint density at radius 1 is 1.12 bits per heavy atom. The molecule has 3 heterocycles. The van der Waals surface area contributed by atoms with Gasteiger partial charge < -0.3 is 10.1 Å². The van der Waals surface area contributed by atoms with Gasteiger partial charge in [0.25, 0.3) is 5.91 Å². The summed E-state index contributed by atoms with van der Waals surface area (Å²) in [6.45, 7) is 3.94. The van der Waals surface area contributed by atoms with Gasteiger partial charge in [-0.25, -0.2) is 9.97 Å². The van der Waals surface area contributed by atoms with Gasteiger partial charge in [0.15, 0.2) is 0 Å². The van der Waals surface area contributed by atoms with Crippen molar-refractivity contribution in [2.75, 3.05) is 16.8 Å². The SMILES string of the molecule is CC(C)C(=O)Nc1cccc(N2CCc3ccc(Oc4ccc(C(F)(F)F)nc4)cc3C2=O)n1. The summed E-state index contributed by atoms with van der Waals surface area (Å²) in [5.41, 5.74) is 0.209. The van der Waals surface area contributed by atoms with Crippen LogP contribution >= 0.6 is 0 Å². The summed E-state index contributed by atoms with van der Waals surface area (Å²) in [6.07, 6.45) is -2.98. The maximum Gasteiger partial charge on any atom is 0.433 e. The van der Waals surface area contributed by atoms with Crippen LogP contribution in [0, 0.1) is 5.92 Å². The highest BCUT2D eigenvalue weighted by Crippen LogP contribution is 2.31. The number of hydrogen-bond donors (Lipinski definition) is 1. The number of nitrogens with one attached hydrogen (secondary N) is 1. The Labute approximate surface area is 193 Å². The Balaban J connectivity index is 1.54. The van der Waals surface area contributed by atoms with Crippen molar-refractivity contribution < 1.29 is 27.5 Å². The van der Waals surface area contributed by atoms with Crippen LogP contribution in [0.25, 0.3) is 0 Å². The lowest BCUT2D eigenvalue weighted by Crippen LogP contribution is -2.38. The van der Waals surface area contributed by atoms with Crippen molar-refractivity contribution in [2.24, 2.45) is 5.92 Å². The molecule has 1 aliphatic heterocycles. The van der Waals surface area contributed by atoms with Gasteiger partial charge in [-0.2, -0.15) is 13.2 Å². The van der Waals surface area contributed by atoms with E-state index in [1.165, 1.54) is 11.0 Å². The van der Waals surface area contributed by atoms with Crippen LogP contribution < -0.4 is 15.0 Å². The molecule has 0 atom stereocenters. The third-order valence-electron chi connectivity index (χ3n) is 5.21. The summed E-state index contributed by atoms with van der Waals surface area (Å²) in [4.78, 5) is 34.5. The molecule has 1 aromatic carbocycles. The number of rotatable bonds is 5. The first-order valence-corrected chi connectivity index (χ1v) is 10.6. The number of ether oxygens (including phenoxy) is 1. The number of halogens is 3. The van der Waals surface area contributed by atoms with Crippen LogP contribution in [0.2, 0.25) is 0 Å². The van der Waals surface area contributed by atoms with Crippen LogP contribution in [0.3, 0.4) is 0 Å². The molecule has 176 valence electrons. The smallest absolute Gasteiger partial charge is 0.433 e. The number of amides is 2. The van der Waals surface area contributed by atoms with Crippen LogP contribution in [-0.4, -0.2) is 28.3 Å². The Kier molecular flexibility index (Phi) is 6.23. The van der Waals surface area contributed by atoms with Crippen molar-refractivity contribution in [2.45, 2.75) is 26.4 Å². The Morgan fingerprint density at radius 2 is 1.88 bits per heavy atom. The fraction of sp³-hybridized carbons (Fsp3) is 0.250. The van der Waals surface area contributed by atoms with Gasteiger partial charge in [-0.05, 0) is 48.4 Å². The Morgan fingerprint density at radius 3 is 2.56 bits per heavy atom. The molecule has 0 saturated heterocycles. The number of pyridine rings is 2. The highest BCUT2D eigenvalue weighted by Gasteiger charge is 2.32. The van der Waals surface area contributed by atoms with E-state index in [1.54, 1.807) is 50.2 Å². The second kappa shape index (κ2) is 9.12. The largest absolute Gasteiger partial charge is 0.456 e. The van der Waals surface area contributed by atoms with Crippen molar-refractivity contribution >= 4 is 23.5 Å². The predicted octanol–water partition coefficient (Wildman–Crippen LogP) is 5.09. The molecular formula is C24H21F3N4O3. The number of carbonyl (C=O) groups is 2. The van der Waals surface area contributed by atoms with E-state index >= 15 is 0 Å². The molecule has 2 amide bonds. The number of alkyl halides is 3. The summed E-state index contributed by atoms with van der Waals surface area (Å²) in [7, 11) is 0. The minimum Gasteiger partial charge on any atom is -0.456 e. The highest BCUT2D eigenvalue weighted by molar-refractivity contribution is 6.08. The van der Waals surface area contributed by atoms with Crippen LogP contribution in [0.15, 0.2) is 54.7 Å². The normalized spacial score (nSPS) is 13.6. The lowest BCUT2D eigenvalue weighted by Gasteiger charge is -2.28. The summed E-state index contributed by atoms with van der Waals surface area (Å²) in [6, 6.07) is 12.0. The van der Waals surface area contributed by atoms with Gasteiger partial charge in [0, 0.05) is 18.0 Å². The van der Waals surface area contributed by atoms with E-state index in [0.717, 1.165) is 17.8 Å². The van der Waals surface area contributed by atoms with Crippen LogP contribution in [-0.2, 0) is 17.4 Å². The molecule has 0 aliphatic carbocycles. The number of nitrogens with zero attached hydrogens (tertiary/aromatic N) is 3. The molecule has 0 fully saturated rings. The third kappa shape index (κ3) is 5.00. The van der Waals surface area contributed by atoms with E-state index in [9.17, 15) is 22.8 Å². The zero-order valence-corrected chi connectivity index (χ0v) is 18.4. The van der Waals surface area contributed by atoms with Crippen LogP contribution in [0.4, 0.5) is 24.8 Å². The number of anilines is 2. The van der Waals surface area contributed by atoms with Gasteiger partial charge in [0.1, 0.15) is 28.8 Å². The molecule has 7 nitrogen and oxygen atoms in total. The van der Waals surface area contributed by atoms with Gasteiger partial charge in [0.05, 0.1) is 6.20 Å². The molecule has 10 heteroatoms. The zero-order valence-electron chi connectivity index (χ0n) is 18.4. The van der Waals surface area contributed by atoms with E-state index in [4.69, 9.17) is 4.74 Å². The molecule has 34 heavy (non-hydrogen) atoms. The standard InChI is InChI=1S/C24H21F3N4O3/c1-14(2)22(32)30-20-4-3-5-21(29-20)31-11-10-15-6-7-16(12-18(15)23(31)33)34-17-8-9-19(28-13-17)24(25,26)27/h3-9,12-14H,10-11H2,1-2H3,(H,29,30,32). The molecule has 1 aliphatic rings.